The van der Waals surface area contributed by atoms with Gasteiger partial charge >= 0.3 is 5.97 Å². The van der Waals surface area contributed by atoms with Crippen LogP contribution in [-0.4, -0.2) is 28.0 Å². The van der Waals surface area contributed by atoms with E-state index in [1.165, 1.54) is 0 Å². The Morgan fingerprint density at radius 2 is 1.82 bits per heavy atom. The van der Waals surface area contributed by atoms with Crippen molar-refractivity contribution in [1.29, 1.82) is 0 Å². The van der Waals surface area contributed by atoms with Crippen LogP contribution in [0.4, 0.5) is 0 Å². The molecule has 1 amide bonds. The SMILES string of the molecule is O=C(CCc1ccccn1)N[C@@H](Cc1ccccc1)C(=O)O. The van der Waals surface area contributed by atoms with E-state index in [2.05, 4.69) is 10.3 Å². The van der Waals surface area contributed by atoms with Crippen molar-refractivity contribution in [3.05, 3.63) is 66.0 Å². The molecule has 1 heterocycles. The van der Waals surface area contributed by atoms with Gasteiger partial charge in [0.1, 0.15) is 6.04 Å². The summed E-state index contributed by atoms with van der Waals surface area (Å²) in [4.78, 5) is 27.3. The van der Waals surface area contributed by atoms with Crippen molar-refractivity contribution in [3.63, 3.8) is 0 Å². The van der Waals surface area contributed by atoms with Crippen LogP contribution in [0, 0.1) is 0 Å². The van der Waals surface area contributed by atoms with Crippen LogP contribution < -0.4 is 5.32 Å². The second-order valence-corrected chi connectivity index (χ2v) is 4.97. The fourth-order valence-corrected chi connectivity index (χ4v) is 2.10. The third-order valence-electron chi connectivity index (χ3n) is 3.25. The monoisotopic (exact) mass is 298 g/mol. The van der Waals surface area contributed by atoms with Crippen molar-refractivity contribution in [1.82, 2.24) is 10.3 Å². The first kappa shape index (κ1) is 15.7. The molecule has 1 aromatic carbocycles. The van der Waals surface area contributed by atoms with Crippen LogP contribution in [0.15, 0.2) is 54.7 Å². The number of carboxylic acids is 1. The van der Waals surface area contributed by atoms with Crippen molar-refractivity contribution in [2.24, 2.45) is 0 Å². The summed E-state index contributed by atoms with van der Waals surface area (Å²) in [5.41, 5.74) is 1.69. The molecule has 0 saturated heterocycles. The summed E-state index contributed by atoms with van der Waals surface area (Å²) in [6.45, 7) is 0. The van der Waals surface area contributed by atoms with Gasteiger partial charge in [0.15, 0.2) is 0 Å². The maximum absolute atomic E-state index is 11.9. The van der Waals surface area contributed by atoms with Gasteiger partial charge in [-0.05, 0) is 24.1 Å². The second kappa shape index (κ2) is 7.93. The van der Waals surface area contributed by atoms with E-state index in [1.807, 2.05) is 48.5 Å². The molecule has 0 aliphatic heterocycles. The number of nitrogens with zero attached hydrogens (tertiary/aromatic N) is 1. The number of carbonyl (C=O) groups excluding carboxylic acids is 1. The summed E-state index contributed by atoms with van der Waals surface area (Å²) in [5, 5.41) is 11.8. The average Bonchev–Trinajstić information content (AvgIpc) is 2.54. The molecule has 0 fully saturated rings. The van der Waals surface area contributed by atoms with Gasteiger partial charge in [0, 0.05) is 24.7 Å². The van der Waals surface area contributed by atoms with Crippen LogP contribution >= 0.6 is 0 Å². The van der Waals surface area contributed by atoms with Crippen molar-refractivity contribution >= 4 is 11.9 Å². The zero-order valence-corrected chi connectivity index (χ0v) is 12.1. The van der Waals surface area contributed by atoms with E-state index in [0.717, 1.165) is 11.3 Å². The van der Waals surface area contributed by atoms with Gasteiger partial charge in [0.25, 0.3) is 0 Å². The highest BCUT2D eigenvalue weighted by Crippen LogP contribution is 2.05. The Morgan fingerprint density at radius 3 is 2.45 bits per heavy atom. The van der Waals surface area contributed by atoms with E-state index in [-0.39, 0.29) is 18.7 Å². The molecule has 0 unspecified atom stereocenters. The zero-order valence-electron chi connectivity index (χ0n) is 12.1. The van der Waals surface area contributed by atoms with E-state index < -0.39 is 12.0 Å². The first-order chi connectivity index (χ1) is 10.6. The minimum atomic E-state index is -1.03. The lowest BCUT2D eigenvalue weighted by atomic mass is 10.1. The van der Waals surface area contributed by atoms with Gasteiger partial charge in [-0.25, -0.2) is 4.79 Å². The first-order valence-corrected chi connectivity index (χ1v) is 7.11. The molecule has 2 aromatic rings. The number of carbonyl (C=O) groups is 2. The number of pyridine rings is 1. The van der Waals surface area contributed by atoms with E-state index in [4.69, 9.17) is 0 Å². The Labute approximate surface area is 129 Å². The number of aliphatic carboxylic acids is 1. The van der Waals surface area contributed by atoms with Crippen LogP contribution in [0.1, 0.15) is 17.7 Å². The van der Waals surface area contributed by atoms with Gasteiger partial charge in [-0.2, -0.15) is 0 Å². The molecule has 0 radical (unpaired) electrons. The second-order valence-electron chi connectivity index (χ2n) is 4.97. The fourth-order valence-electron chi connectivity index (χ4n) is 2.10. The van der Waals surface area contributed by atoms with Gasteiger partial charge in [-0.1, -0.05) is 36.4 Å². The molecule has 0 saturated carbocycles. The number of benzene rings is 1. The summed E-state index contributed by atoms with van der Waals surface area (Å²) < 4.78 is 0. The molecule has 1 aromatic heterocycles. The number of rotatable bonds is 7. The zero-order chi connectivity index (χ0) is 15.8. The summed E-state index contributed by atoms with van der Waals surface area (Å²) in [5.74, 6) is -1.32. The van der Waals surface area contributed by atoms with Crippen molar-refractivity contribution < 1.29 is 14.7 Å². The van der Waals surface area contributed by atoms with E-state index in [9.17, 15) is 14.7 Å². The molecular weight excluding hydrogens is 280 g/mol. The summed E-state index contributed by atoms with van der Waals surface area (Å²) in [6.07, 6.45) is 2.65. The average molecular weight is 298 g/mol. The Morgan fingerprint density at radius 1 is 1.09 bits per heavy atom. The number of nitrogens with one attached hydrogen (secondary N) is 1. The highest BCUT2D eigenvalue weighted by molar-refractivity contribution is 5.83. The first-order valence-electron chi connectivity index (χ1n) is 7.11. The topological polar surface area (TPSA) is 79.3 Å². The van der Waals surface area contributed by atoms with Crippen LogP contribution in [0.25, 0.3) is 0 Å². The number of hydrogen-bond donors (Lipinski definition) is 2. The molecule has 0 spiro atoms. The van der Waals surface area contributed by atoms with Crippen molar-refractivity contribution in [2.45, 2.75) is 25.3 Å². The van der Waals surface area contributed by atoms with E-state index in [0.29, 0.717) is 6.42 Å². The van der Waals surface area contributed by atoms with E-state index >= 15 is 0 Å². The van der Waals surface area contributed by atoms with Crippen LogP contribution in [0.3, 0.4) is 0 Å². The summed E-state index contributed by atoms with van der Waals surface area (Å²) in [6, 6.07) is 13.8. The third-order valence-corrected chi connectivity index (χ3v) is 3.25. The van der Waals surface area contributed by atoms with Crippen LogP contribution in [0.2, 0.25) is 0 Å². The molecule has 0 aliphatic carbocycles. The van der Waals surface area contributed by atoms with E-state index in [1.54, 1.807) is 6.20 Å². The van der Waals surface area contributed by atoms with Gasteiger partial charge in [0.05, 0.1) is 0 Å². The number of amides is 1. The Kier molecular flexibility index (Phi) is 5.65. The minimum Gasteiger partial charge on any atom is -0.480 e. The van der Waals surface area contributed by atoms with Crippen molar-refractivity contribution in [2.75, 3.05) is 0 Å². The van der Waals surface area contributed by atoms with Gasteiger partial charge in [-0.15, -0.1) is 0 Å². The minimum absolute atomic E-state index is 0.218. The fraction of sp³-hybridized carbons (Fsp3) is 0.235. The lowest BCUT2D eigenvalue weighted by Gasteiger charge is -2.14. The standard InChI is InChI=1S/C17H18N2O3/c20-16(10-9-14-8-4-5-11-18-14)19-15(17(21)22)12-13-6-2-1-3-7-13/h1-8,11,15H,9-10,12H2,(H,19,20)(H,21,22)/t15-/m0/s1. The van der Waals surface area contributed by atoms with Gasteiger partial charge < -0.3 is 10.4 Å². The van der Waals surface area contributed by atoms with Gasteiger partial charge in [0.2, 0.25) is 5.91 Å². The molecule has 2 rings (SSSR count). The molecule has 5 nitrogen and oxygen atoms in total. The Balaban J connectivity index is 1.88. The summed E-state index contributed by atoms with van der Waals surface area (Å²) in [7, 11) is 0. The number of carboxylic acid groups (broad SMARTS) is 1. The highest BCUT2D eigenvalue weighted by atomic mass is 16.4. The van der Waals surface area contributed by atoms with Crippen LogP contribution in [0.5, 0.6) is 0 Å². The molecule has 114 valence electrons. The van der Waals surface area contributed by atoms with Crippen molar-refractivity contribution in [3.8, 4) is 0 Å². The Bertz CT molecular complexity index is 614. The molecule has 0 aliphatic rings. The normalized spacial score (nSPS) is 11.6. The number of aryl methyl sites for hydroxylation is 1. The lowest BCUT2D eigenvalue weighted by molar-refractivity contribution is -0.141. The maximum atomic E-state index is 11.9. The van der Waals surface area contributed by atoms with Gasteiger partial charge in [-0.3, -0.25) is 9.78 Å². The Hall–Kier alpha value is -2.69. The largest absolute Gasteiger partial charge is 0.480 e. The third kappa shape index (κ3) is 5.01. The molecule has 1 atom stereocenters. The quantitative estimate of drug-likeness (QED) is 0.817. The highest BCUT2D eigenvalue weighted by Gasteiger charge is 2.20. The lowest BCUT2D eigenvalue weighted by Crippen LogP contribution is -2.42. The molecule has 2 N–H and O–H groups in total. The molecule has 5 heteroatoms. The predicted molar refractivity (Wildman–Crippen MR) is 82.3 cm³/mol. The molecule has 22 heavy (non-hydrogen) atoms. The summed E-state index contributed by atoms with van der Waals surface area (Å²) >= 11 is 0. The predicted octanol–water partition coefficient (Wildman–Crippen LogP) is 1.83. The number of hydrogen-bond acceptors (Lipinski definition) is 3. The number of aromatic nitrogens is 1. The molecule has 0 bridgehead atoms. The smallest absolute Gasteiger partial charge is 0.326 e. The molecular formula is C17H18N2O3. The van der Waals surface area contributed by atoms with Crippen LogP contribution in [-0.2, 0) is 22.4 Å². The maximum Gasteiger partial charge on any atom is 0.326 e.